The second-order valence-corrected chi connectivity index (χ2v) is 3.92. The summed E-state index contributed by atoms with van der Waals surface area (Å²) in [7, 11) is 0. The Labute approximate surface area is 108 Å². The molecule has 96 valence electrons. The minimum atomic E-state index is -4.39. The molecule has 1 aromatic carbocycles. The molecule has 0 saturated carbocycles. The van der Waals surface area contributed by atoms with Crippen LogP contribution in [0.4, 0.5) is 13.2 Å². The maximum atomic E-state index is 12.7. The fraction of sp³-hybridized carbons (Fsp3) is 0.143. The Morgan fingerprint density at radius 3 is 2.63 bits per heavy atom. The fourth-order valence-corrected chi connectivity index (χ4v) is 1.77. The zero-order valence-electron chi connectivity index (χ0n) is 9.78. The third kappa shape index (κ3) is 2.91. The third-order valence-electron chi connectivity index (χ3n) is 2.62. The summed E-state index contributed by atoms with van der Waals surface area (Å²) in [4.78, 5) is 4.07. The molecule has 0 atom stereocenters. The highest BCUT2D eigenvalue weighted by atomic mass is 19.4. The summed E-state index contributed by atoms with van der Waals surface area (Å²) >= 11 is 0. The molecular formula is C14H9F3N2. The minimum Gasteiger partial charge on any atom is -0.256 e. The number of nitrogens with zero attached hydrogens (tertiary/aromatic N) is 2. The van der Waals surface area contributed by atoms with Crippen molar-refractivity contribution in [2.24, 2.45) is 0 Å². The summed E-state index contributed by atoms with van der Waals surface area (Å²) in [6.07, 6.45) is -2.78. The van der Waals surface area contributed by atoms with E-state index < -0.39 is 11.7 Å². The molecule has 0 bridgehead atoms. The molecule has 1 aromatic heterocycles. The molecule has 0 spiro atoms. The number of rotatable bonds is 2. The van der Waals surface area contributed by atoms with Crippen molar-refractivity contribution < 1.29 is 13.2 Å². The summed E-state index contributed by atoms with van der Waals surface area (Å²) in [6, 6.07) is 10.3. The lowest BCUT2D eigenvalue weighted by atomic mass is 10.0. The molecule has 0 aliphatic carbocycles. The average Bonchev–Trinajstić information content (AvgIpc) is 2.39. The minimum absolute atomic E-state index is 0.111. The quantitative estimate of drug-likeness (QED) is 0.824. The lowest BCUT2D eigenvalue weighted by Crippen LogP contribution is -2.05. The van der Waals surface area contributed by atoms with Crippen molar-refractivity contribution in [2.75, 3.05) is 0 Å². The molecule has 0 amide bonds. The van der Waals surface area contributed by atoms with Crippen LogP contribution in [0.2, 0.25) is 0 Å². The number of nitriles is 1. The number of hydrogen-bond donors (Lipinski definition) is 0. The van der Waals surface area contributed by atoms with Crippen molar-refractivity contribution in [1.82, 2.24) is 4.98 Å². The Morgan fingerprint density at radius 1 is 1.16 bits per heavy atom. The van der Waals surface area contributed by atoms with Gasteiger partial charge in [-0.05, 0) is 23.8 Å². The Hall–Kier alpha value is -2.35. The lowest BCUT2D eigenvalue weighted by molar-refractivity contribution is -0.137. The molecule has 0 radical (unpaired) electrons. The van der Waals surface area contributed by atoms with Gasteiger partial charge in [-0.1, -0.05) is 18.2 Å². The molecule has 0 fully saturated rings. The standard InChI is InChI=1S/C14H9F3N2/c15-14(16,17)12-5-1-3-11(9-12)13-10(6-7-18)4-2-8-19-13/h1-5,8-9H,6H2. The maximum Gasteiger partial charge on any atom is 0.416 e. The van der Waals surface area contributed by atoms with E-state index in [1.165, 1.54) is 12.3 Å². The van der Waals surface area contributed by atoms with Gasteiger partial charge in [-0.3, -0.25) is 4.98 Å². The van der Waals surface area contributed by atoms with E-state index in [-0.39, 0.29) is 6.42 Å². The highest BCUT2D eigenvalue weighted by Gasteiger charge is 2.30. The molecule has 0 saturated heterocycles. The summed E-state index contributed by atoms with van der Waals surface area (Å²) in [5.74, 6) is 0. The zero-order valence-corrected chi connectivity index (χ0v) is 9.78. The van der Waals surface area contributed by atoms with E-state index in [2.05, 4.69) is 4.98 Å². The van der Waals surface area contributed by atoms with Crippen LogP contribution in [0.15, 0.2) is 42.6 Å². The number of benzene rings is 1. The third-order valence-corrected chi connectivity index (χ3v) is 2.62. The SMILES string of the molecule is N#CCc1cccnc1-c1cccc(C(F)(F)F)c1. The average molecular weight is 262 g/mol. The van der Waals surface area contributed by atoms with Gasteiger partial charge in [0.2, 0.25) is 0 Å². The van der Waals surface area contributed by atoms with Gasteiger partial charge in [0.25, 0.3) is 0 Å². The van der Waals surface area contributed by atoms with E-state index in [4.69, 9.17) is 5.26 Å². The first-order valence-corrected chi connectivity index (χ1v) is 5.51. The van der Waals surface area contributed by atoms with E-state index >= 15 is 0 Å². The first-order chi connectivity index (χ1) is 9.02. The van der Waals surface area contributed by atoms with Crippen LogP contribution in [0, 0.1) is 11.3 Å². The molecule has 1 heterocycles. The Balaban J connectivity index is 2.51. The lowest BCUT2D eigenvalue weighted by Gasteiger charge is -2.10. The molecule has 0 N–H and O–H groups in total. The molecule has 5 heteroatoms. The van der Waals surface area contributed by atoms with Crippen LogP contribution in [0.5, 0.6) is 0 Å². The van der Waals surface area contributed by atoms with Crippen molar-refractivity contribution in [3.8, 4) is 17.3 Å². The molecule has 19 heavy (non-hydrogen) atoms. The molecule has 2 aromatic rings. The van der Waals surface area contributed by atoms with Crippen LogP contribution in [0.3, 0.4) is 0 Å². The Bertz CT molecular complexity index is 627. The predicted octanol–water partition coefficient (Wildman–Crippen LogP) is 3.83. The monoisotopic (exact) mass is 262 g/mol. The highest BCUT2D eigenvalue weighted by molar-refractivity contribution is 5.64. The van der Waals surface area contributed by atoms with E-state index in [1.807, 2.05) is 6.07 Å². The van der Waals surface area contributed by atoms with Gasteiger partial charge in [0, 0.05) is 11.8 Å². The van der Waals surface area contributed by atoms with Crippen LogP contribution < -0.4 is 0 Å². The van der Waals surface area contributed by atoms with Crippen LogP contribution in [0.1, 0.15) is 11.1 Å². The summed E-state index contributed by atoms with van der Waals surface area (Å²) in [6.45, 7) is 0. The zero-order chi connectivity index (χ0) is 13.9. The van der Waals surface area contributed by atoms with Crippen molar-refractivity contribution >= 4 is 0 Å². The van der Waals surface area contributed by atoms with Crippen LogP contribution >= 0.6 is 0 Å². The van der Waals surface area contributed by atoms with Crippen LogP contribution in [0.25, 0.3) is 11.3 Å². The molecule has 2 rings (SSSR count). The summed E-state index contributed by atoms with van der Waals surface area (Å²) in [5.41, 5.74) is 0.665. The van der Waals surface area contributed by atoms with Gasteiger partial charge in [0.1, 0.15) is 0 Å². The second-order valence-electron chi connectivity index (χ2n) is 3.92. The number of hydrogen-bond acceptors (Lipinski definition) is 2. The van der Waals surface area contributed by atoms with Gasteiger partial charge in [-0.15, -0.1) is 0 Å². The van der Waals surface area contributed by atoms with E-state index in [0.29, 0.717) is 16.8 Å². The van der Waals surface area contributed by atoms with Crippen molar-refractivity contribution in [1.29, 1.82) is 5.26 Å². The number of aromatic nitrogens is 1. The maximum absolute atomic E-state index is 12.7. The van der Waals surface area contributed by atoms with Gasteiger partial charge in [0.15, 0.2) is 0 Å². The number of alkyl halides is 3. The summed E-state index contributed by atoms with van der Waals surface area (Å²) in [5, 5.41) is 8.72. The molecule has 0 aliphatic heterocycles. The topological polar surface area (TPSA) is 36.7 Å². The molecule has 0 aliphatic rings. The molecule has 2 nitrogen and oxygen atoms in total. The van der Waals surface area contributed by atoms with E-state index in [9.17, 15) is 13.2 Å². The Morgan fingerprint density at radius 2 is 1.95 bits per heavy atom. The normalized spacial score (nSPS) is 11.1. The van der Waals surface area contributed by atoms with Crippen LogP contribution in [-0.2, 0) is 12.6 Å². The smallest absolute Gasteiger partial charge is 0.256 e. The van der Waals surface area contributed by atoms with Crippen molar-refractivity contribution in [3.05, 3.63) is 53.7 Å². The van der Waals surface area contributed by atoms with E-state index in [1.54, 1.807) is 18.2 Å². The van der Waals surface area contributed by atoms with Gasteiger partial charge < -0.3 is 0 Å². The van der Waals surface area contributed by atoms with Gasteiger partial charge >= 0.3 is 6.18 Å². The molecule has 0 unspecified atom stereocenters. The van der Waals surface area contributed by atoms with Crippen molar-refractivity contribution in [3.63, 3.8) is 0 Å². The summed E-state index contributed by atoms with van der Waals surface area (Å²) < 4.78 is 38.0. The Kier molecular flexibility index (Phi) is 3.52. The van der Waals surface area contributed by atoms with Gasteiger partial charge in [-0.2, -0.15) is 18.4 Å². The van der Waals surface area contributed by atoms with Crippen molar-refractivity contribution in [2.45, 2.75) is 12.6 Å². The predicted molar refractivity (Wildman–Crippen MR) is 64.0 cm³/mol. The van der Waals surface area contributed by atoms with Crippen LogP contribution in [-0.4, -0.2) is 4.98 Å². The number of halogens is 3. The van der Waals surface area contributed by atoms with Gasteiger partial charge in [0.05, 0.1) is 23.7 Å². The highest BCUT2D eigenvalue weighted by Crippen LogP contribution is 2.32. The second kappa shape index (κ2) is 5.11. The largest absolute Gasteiger partial charge is 0.416 e. The first-order valence-electron chi connectivity index (χ1n) is 5.51. The first kappa shape index (κ1) is 13.1. The van der Waals surface area contributed by atoms with Gasteiger partial charge in [-0.25, -0.2) is 0 Å². The number of pyridine rings is 1. The fourth-order valence-electron chi connectivity index (χ4n) is 1.77. The molecular weight excluding hydrogens is 253 g/mol. The van der Waals surface area contributed by atoms with E-state index in [0.717, 1.165) is 12.1 Å².